The van der Waals surface area contributed by atoms with Crippen molar-refractivity contribution in [1.82, 2.24) is 5.32 Å². The molecule has 1 aromatic rings. The summed E-state index contributed by atoms with van der Waals surface area (Å²) < 4.78 is 27.4. The van der Waals surface area contributed by atoms with Gasteiger partial charge in [-0.05, 0) is 24.9 Å². The Kier molecular flexibility index (Phi) is 7.75. The van der Waals surface area contributed by atoms with Gasteiger partial charge in [-0.1, -0.05) is 58.6 Å². The highest BCUT2D eigenvalue weighted by Gasteiger charge is 2.20. The molecule has 0 amide bonds. The first-order valence-corrected chi connectivity index (χ1v) is 7.81. The van der Waals surface area contributed by atoms with E-state index in [0.29, 0.717) is 11.5 Å². The Bertz CT molecular complexity index is 393. The largest absolute Gasteiger partial charge is 0.310 e. The van der Waals surface area contributed by atoms with E-state index in [2.05, 4.69) is 19.2 Å². The molecule has 0 saturated carbocycles. The number of rotatable bonds is 9. The van der Waals surface area contributed by atoms with Crippen LogP contribution in [-0.4, -0.2) is 6.54 Å². The number of hydrogen-bond acceptors (Lipinski definition) is 1. The standard InChI is InChI=1S/C17H27F2N/c1-4-7-9-13(5-2)12-16(20-6-3)14-10-8-11-15(18)17(14)19/h8,10-11,13,16,20H,4-7,9,12H2,1-3H3. The summed E-state index contributed by atoms with van der Waals surface area (Å²) >= 11 is 0. The van der Waals surface area contributed by atoms with Crippen LogP contribution in [0.5, 0.6) is 0 Å². The van der Waals surface area contributed by atoms with Crippen molar-refractivity contribution < 1.29 is 8.78 Å². The molecule has 1 N–H and O–H groups in total. The van der Waals surface area contributed by atoms with E-state index in [1.807, 2.05) is 6.92 Å². The number of hydrogen-bond donors (Lipinski definition) is 1. The minimum Gasteiger partial charge on any atom is -0.310 e. The molecule has 1 rings (SSSR count). The predicted octanol–water partition coefficient (Wildman–Crippen LogP) is 5.22. The van der Waals surface area contributed by atoms with Gasteiger partial charge in [0.25, 0.3) is 0 Å². The summed E-state index contributed by atoms with van der Waals surface area (Å²) in [6.07, 6.45) is 5.48. The third-order valence-corrected chi connectivity index (χ3v) is 3.92. The van der Waals surface area contributed by atoms with Gasteiger partial charge >= 0.3 is 0 Å². The molecule has 3 heteroatoms. The molecule has 1 nitrogen and oxygen atoms in total. The van der Waals surface area contributed by atoms with Crippen LogP contribution >= 0.6 is 0 Å². The lowest BCUT2D eigenvalue weighted by molar-refractivity contribution is 0.347. The Labute approximate surface area is 121 Å². The summed E-state index contributed by atoms with van der Waals surface area (Å²) in [4.78, 5) is 0. The van der Waals surface area contributed by atoms with Crippen LogP contribution in [0, 0.1) is 17.6 Å². The van der Waals surface area contributed by atoms with E-state index in [1.165, 1.54) is 18.9 Å². The van der Waals surface area contributed by atoms with E-state index in [4.69, 9.17) is 0 Å². The van der Waals surface area contributed by atoms with E-state index in [9.17, 15) is 8.78 Å². The summed E-state index contributed by atoms with van der Waals surface area (Å²) in [6.45, 7) is 7.11. The smallest absolute Gasteiger partial charge is 0.163 e. The second kappa shape index (κ2) is 9.06. The molecule has 0 fully saturated rings. The fraction of sp³-hybridized carbons (Fsp3) is 0.647. The maximum Gasteiger partial charge on any atom is 0.163 e. The van der Waals surface area contributed by atoms with Gasteiger partial charge in [-0.2, -0.15) is 0 Å². The van der Waals surface area contributed by atoms with E-state index < -0.39 is 11.6 Å². The highest BCUT2D eigenvalue weighted by Crippen LogP contribution is 2.29. The Morgan fingerprint density at radius 1 is 1.15 bits per heavy atom. The van der Waals surface area contributed by atoms with Gasteiger partial charge < -0.3 is 5.32 Å². The molecule has 0 heterocycles. The van der Waals surface area contributed by atoms with Crippen LogP contribution < -0.4 is 5.32 Å². The Morgan fingerprint density at radius 3 is 2.50 bits per heavy atom. The highest BCUT2D eigenvalue weighted by molar-refractivity contribution is 5.22. The van der Waals surface area contributed by atoms with Gasteiger partial charge in [0.1, 0.15) is 0 Å². The molecule has 0 bridgehead atoms. The minimum absolute atomic E-state index is 0.0995. The summed E-state index contributed by atoms with van der Waals surface area (Å²) in [5, 5.41) is 3.30. The molecule has 2 unspecified atom stereocenters. The summed E-state index contributed by atoms with van der Waals surface area (Å²) in [6, 6.07) is 4.36. The molecule has 0 aromatic heterocycles. The van der Waals surface area contributed by atoms with Crippen molar-refractivity contribution >= 4 is 0 Å². The topological polar surface area (TPSA) is 12.0 Å². The molecule has 0 aliphatic carbocycles. The van der Waals surface area contributed by atoms with Gasteiger partial charge in [0, 0.05) is 11.6 Å². The zero-order valence-electron chi connectivity index (χ0n) is 12.9. The molecule has 114 valence electrons. The SMILES string of the molecule is CCCCC(CC)CC(NCC)c1cccc(F)c1F. The van der Waals surface area contributed by atoms with Gasteiger partial charge in [0.15, 0.2) is 11.6 Å². The monoisotopic (exact) mass is 283 g/mol. The van der Waals surface area contributed by atoms with E-state index in [-0.39, 0.29) is 6.04 Å². The molecule has 0 radical (unpaired) electrons. The lowest BCUT2D eigenvalue weighted by atomic mass is 9.89. The van der Waals surface area contributed by atoms with Gasteiger partial charge in [-0.25, -0.2) is 8.78 Å². The number of halogens is 2. The molecule has 20 heavy (non-hydrogen) atoms. The maximum absolute atomic E-state index is 14.0. The number of unbranched alkanes of at least 4 members (excludes halogenated alkanes) is 1. The first-order valence-electron chi connectivity index (χ1n) is 7.81. The Balaban J connectivity index is 2.84. The van der Waals surface area contributed by atoms with Crippen molar-refractivity contribution in [3.63, 3.8) is 0 Å². The van der Waals surface area contributed by atoms with Crippen molar-refractivity contribution in [2.45, 2.75) is 58.9 Å². The normalized spacial score (nSPS) is 14.2. The Hall–Kier alpha value is -0.960. The molecular weight excluding hydrogens is 256 g/mol. The average molecular weight is 283 g/mol. The fourth-order valence-electron chi connectivity index (χ4n) is 2.67. The average Bonchev–Trinajstić information content (AvgIpc) is 2.45. The first-order chi connectivity index (χ1) is 9.63. The van der Waals surface area contributed by atoms with Crippen molar-refractivity contribution in [2.24, 2.45) is 5.92 Å². The van der Waals surface area contributed by atoms with Crippen molar-refractivity contribution in [1.29, 1.82) is 0 Å². The van der Waals surface area contributed by atoms with Crippen LogP contribution in [-0.2, 0) is 0 Å². The van der Waals surface area contributed by atoms with Gasteiger partial charge in [0.05, 0.1) is 0 Å². The quantitative estimate of drug-likeness (QED) is 0.655. The second-order valence-corrected chi connectivity index (χ2v) is 5.41. The van der Waals surface area contributed by atoms with Crippen LogP contribution in [0.15, 0.2) is 18.2 Å². The second-order valence-electron chi connectivity index (χ2n) is 5.41. The fourth-order valence-corrected chi connectivity index (χ4v) is 2.67. The van der Waals surface area contributed by atoms with Crippen molar-refractivity contribution in [2.75, 3.05) is 6.54 Å². The molecule has 0 saturated heterocycles. The summed E-state index contributed by atoms with van der Waals surface area (Å²) in [5.41, 5.74) is 0.460. The van der Waals surface area contributed by atoms with E-state index in [0.717, 1.165) is 25.8 Å². The lowest BCUT2D eigenvalue weighted by Gasteiger charge is -2.24. The molecule has 0 spiro atoms. The minimum atomic E-state index is -0.757. The molecule has 2 atom stereocenters. The molecule has 1 aromatic carbocycles. The van der Waals surface area contributed by atoms with Crippen LogP contribution in [0.25, 0.3) is 0 Å². The molecule has 0 aliphatic rings. The van der Waals surface area contributed by atoms with Crippen LogP contribution in [0.2, 0.25) is 0 Å². The lowest BCUT2D eigenvalue weighted by Crippen LogP contribution is -2.24. The van der Waals surface area contributed by atoms with Gasteiger partial charge in [-0.15, -0.1) is 0 Å². The summed E-state index contributed by atoms with van der Waals surface area (Å²) in [5.74, 6) is -0.905. The van der Waals surface area contributed by atoms with E-state index in [1.54, 1.807) is 12.1 Å². The predicted molar refractivity (Wildman–Crippen MR) is 80.7 cm³/mol. The van der Waals surface area contributed by atoms with E-state index >= 15 is 0 Å². The third-order valence-electron chi connectivity index (χ3n) is 3.92. The summed E-state index contributed by atoms with van der Waals surface area (Å²) in [7, 11) is 0. The Morgan fingerprint density at radius 2 is 1.90 bits per heavy atom. The van der Waals surface area contributed by atoms with Crippen LogP contribution in [0.4, 0.5) is 8.78 Å². The number of nitrogens with one attached hydrogen (secondary N) is 1. The van der Waals surface area contributed by atoms with Crippen molar-refractivity contribution in [3.05, 3.63) is 35.4 Å². The van der Waals surface area contributed by atoms with Gasteiger partial charge in [0.2, 0.25) is 0 Å². The van der Waals surface area contributed by atoms with Crippen LogP contribution in [0.1, 0.15) is 64.5 Å². The first kappa shape index (κ1) is 17.1. The van der Waals surface area contributed by atoms with Gasteiger partial charge in [-0.3, -0.25) is 0 Å². The zero-order chi connectivity index (χ0) is 15.0. The van der Waals surface area contributed by atoms with Crippen LogP contribution in [0.3, 0.4) is 0 Å². The molecular formula is C17H27F2N. The molecule has 0 aliphatic heterocycles. The highest BCUT2D eigenvalue weighted by atomic mass is 19.2. The van der Waals surface area contributed by atoms with Crippen molar-refractivity contribution in [3.8, 4) is 0 Å². The number of benzene rings is 1. The third kappa shape index (κ3) is 4.86. The zero-order valence-corrected chi connectivity index (χ0v) is 12.9. The maximum atomic E-state index is 14.0.